The molecule has 0 bridgehead atoms. The number of carboxylic acids is 1. The van der Waals surface area contributed by atoms with Gasteiger partial charge in [-0.1, -0.05) is 67.4 Å². The number of aliphatic carboxylic acids is 1. The molecule has 1 saturated carbocycles. The molecule has 0 radical (unpaired) electrons. The summed E-state index contributed by atoms with van der Waals surface area (Å²) in [6, 6.07) is 15.1. The number of carbonyl (C=O) groups is 1. The van der Waals surface area contributed by atoms with Gasteiger partial charge in [0.2, 0.25) is 0 Å². The molecule has 1 aromatic heterocycles. The van der Waals surface area contributed by atoms with Gasteiger partial charge >= 0.3 is 5.97 Å². The van der Waals surface area contributed by atoms with Gasteiger partial charge in [-0.05, 0) is 50.0 Å². The molecule has 0 saturated heterocycles. The fourth-order valence-electron chi connectivity index (χ4n) is 5.05. The van der Waals surface area contributed by atoms with E-state index in [9.17, 15) is 4.79 Å². The molecule has 1 aliphatic rings. The van der Waals surface area contributed by atoms with Gasteiger partial charge < -0.3 is 9.84 Å². The molecule has 0 atom stereocenters. The first kappa shape index (κ1) is 25.4. The Morgan fingerprint density at radius 2 is 1.83 bits per heavy atom. The number of halogens is 2. The minimum absolute atomic E-state index is 0.111. The fourth-order valence-corrected chi connectivity index (χ4v) is 5.23. The van der Waals surface area contributed by atoms with E-state index in [4.69, 9.17) is 26.5 Å². The van der Waals surface area contributed by atoms with Crippen molar-refractivity contribution in [1.82, 2.24) is 9.78 Å². The summed E-state index contributed by atoms with van der Waals surface area (Å²) in [5.74, 6) is -0.483. The van der Waals surface area contributed by atoms with Gasteiger partial charge in [0.05, 0.1) is 11.6 Å². The number of rotatable bonds is 10. The summed E-state index contributed by atoms with van der Waals surface area (Å²) in [6.45, 7) is 3.16. The Bertz CT molecular complexity index is 1140. The second-order valence-corrected chi connectivity index (χ2v) is 9.77. The SMILES string of the molecule is CCCc1c(-c2cccc(Cl)c2F)c(-c2ccccc2)nn1C[C@H]1CC[C@@H](COCC(=O)O)CC1. The summed E-state index contributed by atoms with van der Waals surface area (Å²) in [5, 5.41) is 13.9. The van der Waals surface area contributed by atoms with E-state index in [0.717, 1.165) is 67.6 Å². The Kier molecular flexibility index (Phi) is 8.58. The van der Waals surface area contributed by atoms with E-state index in [2.05, 4.69) is 11.6 Å². The third-order valence-electron chi connectivity index (χ3n) is 6.79. The lowest BCUT2D eigenvalue weighted by Crippen LogP contribution is -2.23. The number of ether oxygens (including phenoxy) is 1. The van der Waals surface area contributed by atoms with Crippen molar-refractivity contribution in [3.05, 3.63) is 65.1 Å². The van der Waals surface area contributed by atoms with Crippen molar-refractivity contribution < 1.29 is 19.0 Å². The van der Waals surface area contributed by atoms with Gasteiger partial charge in [0.1, 0.15) is 18.1 Å². The summed E-state index contributed by atoms with van der Waals surface area (Å²) >= 11 is 6.18. The molecule has 186 valence electrons. The monoisotopic (exact) mass is 498 g/mol. The lowest BCUT2D eigenvalue weighted by molar-refractivity contribution is -0.142. The molecule has 7 heteroatoms. The Balaban J connectivity index is 1.62. The molecule has 1 aliphatic carbocycles. The molecule has 3 aromatic rings. The van der Waals surface area contributed by atoms with Crippen LogP contribution in [0.4, 0.5) is 4.39 Å². The Morgan fingerprint density at radius 3 is 2.51 bits per heavy atom. The summed E-state index contributed by atoms with van der Waals surface area (Å²) < 4.78 is 22.7. The largest absolute Gasteiger partial charge is 0.480 e. The predicted molar refractivity (Wildman–Crippen MR) is 136 cm³/mol. The smallest absolute Gasteiger partial charge is 0.329 e. The van der Waals surface area contributed by atoms with Crippen molar-refractivity contribution in [2.24, 2.45) is 11.8 Å². The van der Waals surface area contributed by atoms with Gasteiger partial charge in [-0.15, -0.1) is 0 Å². The second kappa shape index (κ2) is 11.8. The topological polar surface area (TPSA) is 64.4 Å². The van der Waals surface area contributed by atoms with Gasteiger partial charge in [0.25, 0.3) is 0 Å². The van der Waals surface area contributed by atoms with Gasteiger partial charge in [0.15, 0.2) is 0 Å². The molecule has 0 spiro atoms. The molecule has 5 nitrogen and oxygen atoms in total. The lowest BCUT2D eigenvalue weighted by Gasteiger charge is -2.28. The highest BCUT2D eigenvalue weighted by atomic mass is 35.5. The Morgan fingerprint density at radius 1 is 1.11 bits per heavy atom. The molecule has 2 aromatic carbocycles. The number of aromatic nitrogens is 2. The van der Waals surface area contributed by atoms with Crippen LogP contribution in [0.1, 0.15) is 44.7 Å². The minimum atomic E-state index is -0.929. The zero-order valence-electron chi connectivity index (χ0n) is 20.1. The van der Waals surface area contributed by atoms with Crippen LogP contribution in [0.25, 0.3) is 22.4 Å². The molecule has 1 N–H and O–H groups in total. The number of benzene rings is 2. The van der Waals surface area contributed by atoms with Crippen LogP contribution in [0, 0.1) is 17.7 Å². The average molecular weight is 499 g/mol. The van der Waals surface area contributed by atoms with E-state index >= 15 is 4.39 Å². The van der Waals surface area contributed by atoms with Gasteiger partial charge in [-0.25, -0.2) is 9.18 Å². The summed E-state index contributed by atoms with van der Waals surface area (Å²) in [7, 11) is 0. The maximum Gasteiger partial charge on any atom is 0.329 e. The molecule has 0 amide bonds. The predicted octanol–water partition coefficient (Wildman–Crippen LogP) is 6.87. The number of nitrogens with zero attached hydrogens (tertiary/aromatic N) is 2. The van der Waals surface area contributed by atoms with Crippen molar-refractivity contribution in [3.8, 4) is 22.4 Å². The lowest BCUT2D eigenvalue weighted by atomic mass is 9.82. The first-order chi connectivity index (χ1) is 17.0. The maximum atomic E-state index is 15.2. The Labute approximate surface area is 210 Å². The molecule has 1 fully saturated rings. The average Bonchev–Trinajstić information content (AvgIpc) is 3.20. The summed E-state index contributed by atoms with van der Waals surface area (Å²) in [6.07, 6.45) is 5.80. The van der Waals surface area contributed by atoms with Crippen molar-refractivity contribution in [3.63, 3.8) is 0 Å². The summed E-state index contributed by atoms with van der Waals surface area (Å²) in [5.41, 5.74) is 4.10. The van der Waals surface area contributed by atoms with Gasteiger partial charge in [-0.3, -0.25) is 4.68 Å². The quantitative estimate of drug-likeness (QED) is 0.331. The number of hydrogen-bond donors (Lipinski definition) is 1. The van der Waals surface area contributed by atoms with Crippen molar-refractivity contribution >= 4 is 17.6 Å². The van der Waals surface area contributed by atoms with Crippen LogP contribution in [0.3, 0.4) is 0 Å². The van der Waals surface area contributed by atoms with Crippen LogP contribution < -0.4 is 0 Å². The molecular weight excluding hydrogens is 467 g/mol. The number of hydrogen-bond acceptors (Lipinski definition) is 3. The first-order valence-corrected chi connectivity index (χ1v) is 12.7. The van der Waals surface area contributed by atoms with Crippen LogP contribution in [0.5, 0.6) is 0 Å². The molecule has 4 rings (SSSR count). The third-order valence-corrected chi connectivity index (χ3v) is 7.08. The van der Waals surface area contributed by atoms with Gasteiger partial charge in [-0.2, -0.15) is 5.10 Å². The third kappa shape index (κ3) is 6.11. The van der Waals surface area contributed by atoms with Crippen LogP contribution in [-0.4, -0.2) is 34.1 Å². The van der Waals surface area contributed by atoms with Crippen LogP contribution in [0.2, 0.25) is 5.02 Å². The van der Waals surface area contributed by atoms with E-state index in [1.807, 2.05) is 30.3 Å². The van der Waals surface area contributed by atoms with Crippen molar-refractivity contribution in [2.45, 2.75) is 52.0 Å². The molecule has 35 heavy (non-hydrogen) atoms. The van der Waals surface area contributed by atoms with Crippen LogP contribution in [-0.2, 0) is 22.5 Å². The first-order valence-electron chi connectivity index (χ1n) is 12.4. The molecule has 0 aliphatic heterocycles. The molecule has 1 heterocycles. The van der Waals surface area contributed by atoms with E-state index < -0.39 is 11.8 Å². The highest BCUT2D eigenvalue weighted by Gasteiger charge is 2.27. The highest BCUT2D eigenvalue weighted by Crippen LogP contribution is 2.39. The van der Waals surface area contributed by atoms with E-state index in [0.29, 0.717) is 24.0 Å². The van der Waals surface area contributed by atoms with Crippen molar-refractivity contribution in [2.75, 3.05) is 13.2 Å². The zero-order valence-corrected chi connectivity index (χ0v) is 20.8. The maximum absolute atomic E-state index is 15.2. The van der Waals surface area contributed by atoms with E-state index in [-0.39, 0.29) is 11.6 Å². The summed E-state index contributed by atoms with van der Waals surface area (Å²) in [4.78, 5) is 10.7. The fraction of sp³-hybridized carbons (Fsp3) is 0.429. The zero-order chi connectivity index (χ0) is 24.8. The van der Waals surface area contributed by atoms with E-state index in [1.54, 1.807) is 18.2 Å². The highest BCUT2D eigenvalue weighted by molar-refractivity contribution is 6.31. The van der Waals surface area contributed by atoms with Crippen LogP contribution >= 0.6 is 11.6 Å². The molecule has 0 unspecified atom stereocenters. The minimum Gasteiger partial charge on any atom is -0.480 e. The van der Waals surface area contributed by atoms with Crippen molar-refractivity contribution in [1.29, 1.82) is 0 Å². The second-order valence-electron chi connectivity index (χ2n) is 9.37. The Hall–Kier alpha value is -2.70. The van der Waals surface area contributed by atoms with E-state index in [1.165, 1.54) is 0 Å². The normalized spacial score (nSPS) is 18.0. The van der Waals surface area contributed by atoms with Crippen LogP contribution in [0.15, 0.2) is 48.5 Å². The standard InChI is InChI=1S/C28H32ClFN2O3/c1-2-7-24-26(22-10-6-11-23(29)27(22)30)28(21-8-4-3-5-9-21)31-32(24)16-19-12-14-20(15-13-19)17-35-18-25(33)34/h3-6,8-11,19-20H,2,7,12-18H2,1H3,(H,33,34)/t19-,20+. The molecular formula is C28H32ClFN2O3. The number of carboxylic acid groups (broad SMARTS) is 1. The van der Waals surface area contributed by atoms with Gasteiger partial charge in [0, 0.05) is 28.9 Å².